The van der Waals surface area contributed by atoms with Crippen molar-refractivity contribution in [3.8, 4) is 0 Å². The van der Waals surface area contributed by atoms with Gasteiger partial charge in [-0.2, -0.15) is 0 Å². The number of likely N-dealkylation sites (N-methyl/N-ethyl adjacent to an activating group) is 1. The van der Waals surface area contributed by atoms with Gasteiger partial charge in [-0.05, 0) is 6.92 Å². The highest BCUT2D eigenvalue weighted by Crippen LogP contribution is 2.10. The van der Waals surface area contributed by atoms with E-state index in [-0.39, 0.29) is 18.3 Å². The van der Waals surface area contributed by atoms with Crippen molar-refractivity contribution in [1.29, 1.82) is 0 Å². The van der Waals surface area contributed by atoms with Crippen molar-refractivity contribution in [1.82, 2.24) is 20.2 Å². The highest BCUT2D eigenvalue weighted by atomic mass is 35.5. The summed E-state index contributed by atoms with van der Waals surface area (Å²) in [4.78, 5) is 21.7. The van der Waals surface area contributed by atoms with E-state index in [0.29, 0.717) is 11.6 Å². The van der Waals surface area contributed by atoms with Crippen LogP contribution in [0.5, 0.6) is 0 Å². The van der Waals surface area contributed by atoms with Gasteiger partial charge in [-0.1, -0.05) is 0 Å². The summed E-state index contributed by atoms with van der Waals surface area (Å²) in [6.45, 7) is 3.56. The average molecular weight is 243 g/mol. The molecule has 1 saturated heterocycles. The van der Waals surface area contributed by atoms with Gasteiger partial charge >= 0.3 is 0 Å². The maximum absolute atomic E-state index is 12.0. The molecule has 0 bridgehead atoms. The summed E-state index contributed by atoms with van der Waals surface area (Å²) in [6.07, 6.45) is 3.03. The lowest BCUT2D eigenvalue weighted by molar-refractivity contribution is 0.0679. The van der Waals surface area contributed by atoms with Gasteiger partial charge in [-0.15, -0.1) is 12.4 Å². The topological polar surface area (TPSA) is 58.1 Å². The Labute approximate surface area is 101 Å². The SMILES string of the molecule is Cc1ncncc1C(=O)N(C)C1CNC1.Cl. The van der Waals surface area contributed by atoms with Crippen LogP contribution in [0.1, 0.15) is 16.1 Å². The molecule has 1 N–H and O–H groups in total. The zero-order valence-corrected chi connectivity index (χ0v) is 10.1. The molecule has 0 saturated carbocycles. The first-order valence-corrected chi connectivity index (χ1v) is 4.94. The molecule has 1 aromatic heterocycles. The van der Waals surface area contributed by atoms with E-state index in [2.05, 4.69) is 15.3 Å². The molecule has 2 rings (SSSR count). The zero-order chi connectivity index (χ0) is 10.8. The van der Waals surface area contributed by atoms with Crippen LogP contribution in [0.15, 0.2) is 12.5 Å². The molecule has 0 atom stereocenters. The van der Waals surface area contributed by atoms with Gasteiger partial charge < -0.3 is 10.2 Å². The van der Waals surface area contributed by atoms with Crippen LogP contribution >= 0.6 is 12.4 Å². The lowest BCUT2D eigenvalue weighted by Crippen LogP contribution is -2.57. The highest BCUT2D eigenvalue weighted by molar-refractivity contribution is 5.95. The summed E-state index contributed by atoms with van der Waals surface area (Å²) < 4.78 is 0. The van der Waals surface area contributed by atoms with Gasteiger partial charge in [-0.3, -0.25) is 4.79 Å². The number of rotatable bonds is 2. The van der Waals surface area contributed by atoms with Gasteiger partial charge in [0, 0.05) is 26.3 Å². The van der Waals surface area contributed by atoms with Crippen molar-refractivity contribution in [2.24, 2.45) is 0 Å². The van der Waals surface area contributed by atoms with Crippen LogP contribution in [0, 0.1) is 6.92 Å². The molecule has 6 heteroatoms. The average Bonchev–Trinajstić information content (AvgIpc) is 2.15. The minimum Gasteiger partial charge on any atom is -0.336 e. The molecule has 16 heavy (non-hydrogen) atoms. The van der Waals surface area contributed by atoms with Crippen LogP contribution in [-0.2, 0) is 0 Å². The Morgan fingerprint density at radius 2 is 2.25 bits per heavy atom. The fourth-order valence-corrected chi connectivity index (χ4v) is 1.50. The summed E-state index contributed by atoms with van der Waals surface area (Å²) in [5, 5.41) is 3.14. The molecule has 1 aliphatic heterocycles. The smallest absolute Gasteiger partial charge is 0.257 e. The maximum Gasteiger partial charge on any atom is 0.257 e. The first-order chi connectivity index (χ1) is 7.20. The van der Waals surface area contributed by atoms with E-state index in [1.165, 1.54) is 6.33 Å². The Morgan fingerprint density at radius 3 is 2.75 bits per heavy atom. The van der Waals surface area contributed by atoms with Gasteiger partial charge in [0.2, 0.25) is 0 Å². The Kier molecular flexibility index (Phi) is 4.20. The highest BCUT2D eigenvalue weighted by Gasteiger charge is 2.26. The van der Waals surface area contributed by atoms with E-state index in [1.807, 2.05) is 14.0 Å². The third-order valence-corrected chi connectivity index (χ3v) is 2.77. The Balaban J connectivity index is 0.00000128. The Morgan fingerprint density at radius 1 is 1.56 bits per heavy atom. The molecule has 88 valence electrons. The van der Waals surface area contributed by atoms with E-state index < -0.39 is 0 Å². The largest absolute Gasteiger partial charge is 0.336 e. The standard InChI is InChI=1S/C10H14N4O.ClH/c1-7-9(5-12-6-13-7)10(15)14(2)8-3-11-4-8;/h5-6,8,11H,3-4H2,1-2H3;1H. The predicted molar refractivity (Wildman–Crippen MR) is 62.8 cm³/mol. The molecule has 0 spiro atoms. The van der Waals surface area contributed by atoms with Crippen molar-refractivity contribution in [3.05, 3.63) is 23.8 Å². The molecule has 1 aromatic rings. The molecule has 0 unspecified atom stereocenters. The Hall–Kier alpha value is -1.20. The summed E-state index contributed by atoms with van der Waals surface area (Å²) in [5.74, 6) is -0.000370. The molecule has 1 fully saturated rings. The predicted octanol–water partition coefficient (Wildman–Crippen LogP) is 0.251. The fourth-order valence-electron chi connectivity index (χ4n) is 1.50. The van der Waals surface area contributed by atoms with Crippen molar-refractivity contribution in [2.75, 3.05) is 20.1 Å². The fraction of sp³-hybridized carbons (Fsp3) is 0.500. The second-order valence-corrected chi connectivity index (χ2v) is 3.75. The number of nitrogens with zero attached hydrogens (tertiary/aromatic N) is 3. The Bertz CT molecular complexity index is 381. The third-order valence-electron chi connectivity index (χ3n) is 2.77. The lowest BCUT2D eigenvalue weighted by Gasteiger charge is -2.35. The van der Waals surface area contributed by atoms with Crippen LogP contribution in [-0.4, -0.2) is 47.0 Å². The number of hydrogen-bond donors (Lipinski definition) is 1. The second-order valence-electron chi connectivity index (χ2n) is 3.75. The van der Waals surface area contributed by atoms with Gasteiger partial charge in [0.25, 0.3) is 5.91 Å². The monoisotopic (exact) mass is 242 g/mol. The second kappa shape index (κ2) is 5.23. The van der Waals surface area contributed by atoms with Crippen LogP contribution in [0.3, 0.4) is 0 Å². The number of halogens is 1. The number of carbonyl (C=O) groups is 1. The van der Waals surface area contributed by atoms with Crippen LogP contribution < -0.4 is 5.32 Å². The first kappa shape index (κ1) is 12.9. The molecule has 1 aliphatic rings. The molecular weight excluding hydrogens is 228 g/mol. The van der Waals surface area contributed by atoms with Crippen molar-refractivity contribution in [3.63, 3.8) is 0 Å². The maximum atomic E-state index is 12.0. The van der Waals surface area contributed by atoms with Crippen molar-refractivity contribution < 1.29 is 4.79 Å². The van der Waals surface area contributed by atoms with Gasteiger partial charge in [-0.25, -0.2) is 9.97 Å². The number of hydrogen-bond acceptors (Lipinski definition) is 4. The third kappa shape index (κ3) is 2.31. The van der Waals surface area contributed by atoms with Crippen molar-refractivity contribution in [2.45, 2.75) is 13.0 Å². The van der Waals surface area contributed by atoms with Gasteiger partial charge in [0.1, 0.15) is 6.33 Å². The number of nitrogens with one attached hydrogen (secondary N) is 1. The summed E-state index contributed by atoms with van der Waals surface area (Å²) >= 11 is 0. The number of aryl methyl sites for hydroxylation is 1. The minimum absolute atomic E-state index is 0. The molecule has 2 heterocycles. The number of carbonyl (C=O) groups excluding carboxylic acids is 1. The summed E-state index contributed by atoms with van der Waals surface area (Å²) in [6, 6.07) is 0.303. The van der Waals surface area contributed by atoms with E-state index in [1.54, 1.807) is 11.1 Å². The van der Waals surface area contributed by atoms with E-state index in [0.717, 1.165) is 18.8 Å². The summed E-state index contributed by atoms with van der Waals surface area (Å²) in [5.41, 5.74) is 1.32. The molecule has 0 aromatic carbocycles. The summed E-state index contributed by atoms with van der Waals surface area (Å²) in [7, 11) is 1.82. The minimum atomic E-state index is -0.000370. The molecule has 1 amide bonds. The van der Waals surface area contributed by atoms with E-state index in [4.69, 9.17) is 0 Å². The molecule has 5 nitrogen and oxygen atoms in total. The number of aromatic nitrogens is 2. The number of amides is 1. The molecule has 0 aliphatic carbocycles. The van der Waals surface area contributed by atoms with Crippen LogP contribution in [0.2, 0.25) is 0 Å². The van der Waals surface area contributed by atoms with E-state index >= 15 is 0 Å². The first-order valence-electron chi connectivity index (χ1n) is 4.94. The van der Waals surface area contributed by atoms with Crippen molar-refractivity contribution >= 4 is 18.3 Å². The van der Waals surface area contributed by atoms with E-state index in [9.17, 15) is 4.79 Å². The lowest BCUT2D eigenvalue weighted by atomic mass is 10.1. The molecule has 0 radical (unpaired) electrons. The molecular formula is C10H15ClN4O. The quantitative estimate of drug-likeness (QED) is 0.808. The normalized spacial score (nSPS) is 14.9. The van der Waals surface area contributed by atoms with Gasteiger partial charge in [0.15, 0.2) is 0 Å². The zero-order valence-electron chi connectivity index (χ0n) is 9.30. The van der Waals surface area contributed by atoms with Crippen LogP contribution in [0.25, 0.3) is 0 Å². The van der Waals surface area contributed by atoms with Gasteiger partial charge in [0.05, 0.1) is 17.3 Å². The van der Waals surface area contributed by atoms with Crippen LogP contribution in [0.4, 0.5) is 0 Å².